The van der Waals surface area contributed by atoms with Crippen molar-refractivity contribution in [2.24, 2.45) is 0 Å². The highest BCUT2D eigenvalue weighted by Gasteiger charge is 2.10. The molecule has 0 fully saturated rings. The molecule has 44 heavy (non-hydrogen) atoms. The number of unbranched alkanes of at least 4 members (excludes halogenated alkanes) is 16. The molecule has 0 bridgehead atoms. The first-order valence-electron chi connectivity index (χ1n) is 16.7. The average Bonchev–Trinajstić information content (AvgIpc) is 3.80. The lowest BCUT2D eigenvalue weighted by Crippen LogP contribution is -1.85. The van der Waals surface area contributed by atoms with Gasteiger partial charge in [-0.3, -0.25) is 4.79 Å². The number of carbonyl (C=O) groups excluding carboxylic acids is 3. The quantitative estimate of drug-likeness (QED) is 0.0614. The molecule has 4 aromatic heterocycles. The van der Waals surface area contributed by atoms with Crippen LogP contribution in [0.2, 0.25) is 0 Å². The molecule has 4 nitrogen and oxygen atoms in total. The first kappa shape index (κ1) is 38.4. The Balaban J connectivity index is 0.000000284. The summed E-state index contributed by atoms with van der Waals surface area (Å²) in [4.78, 5) is 26.7. The van der Waals surface area contributed by atoms with Crippen LogP contribution >= 0.6 is 45.3 Å². The fraction of sp³-hybridized carbons (Fsp3) is 0.611. The zero-order chi connectivity index (χ0) is 31.7. The molecule has 244 valence electrons. The summed E-state index contributed by atoms with van der Waals surface area (Å²) in [7, 11) is 0. The molecule has 0 spiro atoms. The Morgan fingerprint density at radius 1 is 0.636 bits per heavy atom. The van der Waals surface area contributed by atoms with E-state index < -0.39 is 0 Å². The van der Waals surface area contributed by atoms with Crippen molar-refractivity contribution in [3.63, 3.8) is 0 Å². The van der Waals surface area contributed by atoms with E-state index >= 15 is 0 Å². The third-order valence-corrected chi connectivity index (χ3v) is 12.1. The van der Waals surface area contributed by atoms with Crippen LogP contribution in [0.5, 0.6) is 5.06 Å². The molecule has 0 N–H and O–H groups in total. The number of hydrogen-bond acceptors (Lipinski definition) is 8. The maximum Gasteiger partial charge on any atom is 0.373 e. The van der Waals surface area contributed by atoms with Crippen LogP contribution in [-0.4, -0.2) is 12.6 Å². The summed E-state index contributed by atoms with van der Waals surface area (Å²) in [5.74, 6) is 0. The molecule has 0 atom stereocenters. The lowest BCUT2D eigenvalue weighted by atomic mass is 10.1. The van der Waals surface area contributed by atoms with Crippen molar-refractivity contribution >= 4 is 76.8 Å². The maximum atomic E-state index is 10.4. The van der Waals surface area contributed by atoms with E-state index in [0.717, 1.165) is 6.42 Å². The van der Waals surface area contributed by atoms with Gasteiger partial charge in [0.1, 0.15) is 0 Å². The molecular formula is C36H52O4S4. The van der Waals surface area contributed by atoms with Crippen LogP contribution < -0.4 is 4.74 Å². The van der Waals surface area contributed by atoms with Crippen molar-refractivity contribution in [2.75, 3.05) is 0 Å². The highest BCUT2D eigenvalue weighted by atomic mass is 32.1. The minimum atomic E-state index is 0.250. The molecular weight excluding hydrogens is 625 g/mol. The van der Waals surface area contributed by atoms with E-state index in [0.29, 0.717) is 11.5 Å². The average molecular weight is 677 g/mol. The Bertz CT molecular complexity index is 1290. The van der Waals surface area contributed by atoms with Gasteiger partial charge in [0, 0.05) is 20.2 Å². The zero-order valence-electron chi connectivity index (χ0n) is 26.9. The second-order valence-electron chi connectivity index (χ2n) is 11.3. The Morgan fingerprint density at radius 3 is 1.59 bits per heavy atom. The Morgan fingerprint density at radius 2 is 1.09 bits per heavy atom. The molecule has 4 rings (SSSR count). The summed E-state index contributed by atoms with van der Waals surface area (Å²) in [5, 5.41) is 7.56. The highest BCUT2D eigenvalue weighted by Crippen LogP contribution is 2.38. The molecule has 0 saturated carbocycles. The Labute approximate surface area is 281 Å². The Hall–Kier alpha value is -1.83. The SMILES string of the molecule is CCCCCCCCCCCc1csc2cc(OC=O)sc12.CCCCCCCCCCCc1csc2ccsc12.O=C=O. The molecule has 0 amide bonds. The number of aryl methyl sites for hydroxylation is 2. The predicted molar refractivity (Wildman–Crippen MR) is 193 cm³/mol. The summed E-state index contributed by atoms with van der Waals surface area (Å²) in [5.41, 5.74) is 3.02. The molecule has 0 saturated heterocycles. The smallest absolute Gasteiger partial charge is 0.373 e. The molecule has 0 radical (unpaired) electrons. The molecule has 0 aliphatic rings. The number of carbonyl (C=O) groups is 1. The third-order valence-electron chi connectivity index (χ3n) is 7.81. The van der Waals surface area contributed by atoms with Gasteiger partial charge in [-0.15, -0.1) is 34.0 Å². The van der Waals surface area contributed by atoms with Crippen LogP contribution in [0.1, 0.15) is 141 Å². The minimum Gasteiger partial charge on any atom is -0.418 e. The number of thiophene rings is 4. The summed E-state index contributed by atoms with van der Waals surface area (Å²) in [6.45, 7) is 5.06. The zero-order valence-corrected chi connectivity index (χ0v) is 30.1. The topological polar surface area (TPSA) is 60.4 Å². The van der Waals surface area contributed by atoms with Gasteiger partial charge in [0.2, 0.25) is 0 Å². The number of fused-ring (bicyclic) bond motifs is 2. The van der Waals surface area contributed by atoms with Gasteiger partial charge in [-0.05, 0) is 59.0 Å². The van der Waals surface area contributed by atoms with Crippen molar-refractivity contribution in [1.29, 1.82) is 0 Å². The van der Waals surface area contributed by atoms with Crippen molar-refractivity contribution in [3.8, 4) is 5.06 Å². The van der Waals surface area contributed by atoms with Crippen LogP contribution in [0.4, 0.5) is 0 Å². The lowest BCUT2D eigenvalue weighted by molar-refractivity contribution is -0.191. The van der Waals surface area contributed by atoms with Crippen molar-refractivity contribution in [2.45, 2.75) is 142 Å². The van der Waals surface area contributed by atoms with E-state index in [2.05, 4.69) is 36.1 Å². The number of hydrogen-bond donors (Lipinski definition) is 0. The van der Waals surface area contributed by atoms with Gasteiger partial charge >= 0.3 is 6.15 Å². The first-order valence-corrected chi connectivity index (χ1v) is 20.2. The third kappa shape index (κ3) is 15.4. The van der Waals surface area contributed by atoms with E-state index in [1.807, 2.05) is 28.7 Å². The molecule has 8 heteroatoms. The highest BCUT2D eigenvalue weighted by molar-refractivity contribution is 7.28. The fourth-order valence-corrected chi connectivity index (χ4v) is 9.80. The van der Waals surface area contributed by atoms with E-state index in [9.17, 15) is 4.79 Å². The molecule has 0 aliphatic carbocycles. The van der Waals surface area contributed by atoms with Gasteiger partial charge in [-0.2, -0.15) is 9.59 Å². The first-order chi connectivity index (χ1) is 21.7. The van der Waals surface area contributed by atoms with Gasteiger partial charge in [-0.1, -0.05) is 128 Å². The summed E-state index contributed by atoms with van der Waals surface area (Å²) in [6.07, 6.45) is 27.8. The van der Waals surface area contributed by atoms with Crippen LogP contribution in [0.3, 0.4) is 0 Å². The second-order valence-corrected chi connectivity index (χ2v) is 15.1. The molecule has 0 aromatic carbocycles. The van der Waals surface area contributed by atoms with Gasteiger partial charge in [0.25, 0.3) is 6.47 Å². The molecule has 4 aromatic rings. The van der Waals surface area contributed by atoms with Gasteiger partial charge < -0.3 is 4.74 Å². The fourth-order valence-electron chi connectivity index (χ4n) is 5.37. The van der Waals surface area contributed by atoms with Crippen LogP contribution in [0, 0.1) is 0 Å². The predicted octanol–water partition coefficient (Wildman–Crippen LogP) is 13.0. The number of ether oxygens (including phenoxy) is 1. The van der Waals surface area contributed by atoms with E-state index in [1.165, 1.54) is 142 Å². The minimum absolute atomic E-state index is 0.250. The van der Waals surface area contributed by atoms with Crippen molar-refractivity contribution < 1.29 is 19.1 Å². The normalized spacial score (nSPS) is 10.7. The number of rotatable bonds is 22. The monoisotopic (exact) mass is 676 g/mol. The van der Waals surface area contributed by atoms with Crippen LogP contribution in [-0.2, 0) is 27.2 Å². The summed E-state index contributed by atoms with van der Waals surface area (Å²) in [6, 6.07) is 4.23. The van der Waals surface area contributed by atoms with Crippen LogP contribution in [0.15, 0.2) is 28.3 Å². The van der Waals surface area contributed by atoms with Crippen LogP contribution in [0.25, 0.3) is 18.8 Å². The molecule has 4 heterocycles. The largest absolute Gasteiger partial charge is 0.418 e. The summed E-state index contributed by atoms with van der Waals surface area (Å²) < 4.78 is 10.5. The lowest BCUT2D eigenvalue weighted by Gasteiger charge is -2.01. The van der Waals surface area contributed by atoms with E-state index in [4.69, 9.17) is 14.3 Å². The van der Waals surface area contributed by atoms with Gasteiger partial charge in [0.15, 0.2) is 5.06 Å². The maximum absolute atomic E-state index is 10.4. The standard InChI is InChI=1S/C18H26O2S2.C17H26S2.CO2/c1-2-3-4-5-6-7-8-9-10-11-15-13-21-16-12-17(20-14-19)22-18(15)16;1-2-3-4-5-6-7-8-9-10-11-15-14-19-16-12-13-18-17(15)16;2-1-3/h12-14H,2-11H2,1H3;12-14H,2-11H2,1H3;. The van der Waals surface area contributed by atoms with E-state index in [-0.39, 0.29) is 6.15 Å². The second kappa shape index (κ2) is 25.4. The van der Waals surface area contributed by atoms with Crippen molar-refractivity contribution in [1.82, 2.24) is 0 Å². The van der Waals surface area contributed by atoms with Gasteiger partial charge in [-0.25, -0.2) is 0 Å². The van der Waals surface area contributed by atoms with Gasteiger partial charge in [0.05, 0.1) is 4.70 Å². The molecule has 0 unspecified atom stereocenters. The Kier molecular flexibility index (Phi) is 22.1. The van der Waals surface area contributed by atoms with Crippen molar-refractivity contribution in [3.05, 3.63) is 39.4 Å². The summed E-state index contributed by atoms with van der Waals surface area (Å²) >= 11 is 7.17. The molecule has 0 aliphatic heterocycles. The van der Waals surface area contributed by atoms with E-state index in [1.54, 1.807) is 32.9 Å².